The SMILES string of the molecule is CNC(Cc1cc(C)cc(C)c1)c1ccc(Cl)c(OC)c1. The van der Waals surface area contributed by atoms with E-state index >= 15 is 0 Å². The highest BCUT2D eigenvalue weighted by molar-refractivity contribution is 6.32. The zero-order valence-corrected chi connectivity index (χ0v) is 13.8. The molecule has 0 amide bonds. The highest BCUT2D eigenvalue weighted by atomic mass is 35.5. The van der Waals surface area contributed by atoms with Gasteiger partial charge in [-0.05, 0) is 50.6 Å². The first-order valence-corrected chi connectivity index (χ1v) is 7.49. The van der Waals surface area contributed by atoms with Crippen molar-refractivity contribution >= 4 is 11.6 Å². The van der Waals surface area contributed by atoms with E-state index in [4.69, 9.17) is 16.3 Å². The van der Waals surface area contributed by atoms with Gasteiger partial charge in [-0.1, -0.05) is 47.0 Å². The fraction of sp³-hybridized carbons (Fsp3) is 0.333. The van der Waals surface area contributed by atoms with Crippen molar-refractivity contribution in [3.8, 4) is 5.75 Å². The highest BCUT2D eigenvalue weighted by Crippen LogP contribution is 2.29. The van der Waals surface area contributed by atoms with Crippen LogP contribution in [0.1, 0.15) is 28.3 Å². The molecule has 0 aliphatic rings. The fourth-order valence-corrected chi connectivity index (χ4v) is 2.90. The van der Waals surface area contributed by atoms with Crippen LogP contribution >= 0.6 is 11.6 Å². The summed E-state index contributed by atoms with van der Waals surface area (Å²) >= 11 is 6.10. The molecule has 1 unspecified atom stereocenters. The van der Waals surface area contributed by atoms with Crippen molar-refractivity contribution in [3.05, 3.63) is 63.7 Å². The Morgan fingerprint density at radius 1 is 1.10 bits per heavy atom. The van der Waals surface area contributed by atoms with Crippen LogP contribution in [0.15, 0.2) is 36.4 Å². The molecule has 3 heteroatoms. The number of hydrogen-bond acceptors (Lipinski definition) is 2. The number of nitrogens with one attached hydrogen (secondary N) is 1. The predicted octanol–water partition coefficient (Wildman–Crippen LogP) is 4.47. The Hall–Kier alpha value is -1.51. The quantitative estimate of drug-likeness (QED) is 0.880. The Morgan fingerprint density at radius 2 is 1.76 bits per heavy atom. The van der Waals surface area contributed by atoms with Crippen LogP contribution in [0, 0.1) is 13.8 Å². The highest BCUT2D eigenvalue weighted by Gasteiger charge is 2.13. The molecule has 0 radical (unpaired) electrons. The molecule has 1 atom stereocenters. The molecule has 21 heavy (non-hydrogen) atoms. The number of rotatable bonds is 5. The van der Waals surface area contributed by atoms with Gasteiger partial charge in [0, 0.05) is 6.04 Å². The van der Waals surface area contributed by atoms with E-state index in [-0.39, 0.29) is 6.04 Å². The maximum Gasteiger partial charge on any atom is 0.137 e. The number of hydrogen-bond donors (Lipinski definition) is 1. The third-order valence-corrected chi connectivity index (χ3v) is 3.96. The molecule has 1 N–H and O–H groups in total. The monoisotopic (exact) mass is 303 g/mol. The van der Waals surface area contributed by atoms with Crippen LogP contribution < -0.4 is 10.1 Å². The Bertz CT molecular complexity index is 604. The van der Waals surface area contributed by atoms with Crippen molar-refractivity contribution in [1.29, 1.82) is 0 Å². The van der Waals surface area contributed by atoms with Gasteiger partial charge >= 0.3 is 0 Å². The third kappa shape index (κ3) is 3.99. The average Bonchev–Trinajstić information content (AvgIpc) is 2.44. The molecule has 0 aliphatic heterocycles. The predicted molar refractivity (Wildman–Crippen MR) is 89.4 cm³/mol. The second-order valence-corrected chi connectivity index (χ2v) is 5.84. The summed E-state index contributed by atoms with van der Waals surface area (Å²) in [5.41, 5.74) is 5.11. The maximum absolute atomic E-state index is 6.10. The van der Waals surface area contributed by atoms with Gasteiger partial charge in [0.25, 0.3) is 0 Å². The Labute approximate surface area is 132 Å². The third-order valence-electron chi connectivity index (χ3n) is 3.65. The summed E-state index contributed by atoms with van der Waals surface area (Å²) in [4.78, 5) is 0. The topological polar surface area (TPSA) is 21.3 Å². The summed E-state index contributed by atoms with van der Waals surface area (Å²) in [6, 6.07) is 12.9. The van der Waals surface area contributed by atoms with Gasteiger partial charge in [-0.15, -0.1) is 0 Å². The van der Waals surface area contributed by atoms with Crippen molar-refractivity contribution in [2.24, 2.45) is 0 Å². The largest absolute Gasteiger partial charge is 0.495 e. The summed E-state index contributed by atoms with van der Waals surface area (Å²) in [6.07, 6.45) is 0.934. The first-order valence-electron chi connectivity index (χ1n) is 7.11. The molecule has 112 valence electrons. The standard InChI is InChI=1S/C18H22ClNO/c1-12-7-13(2)9-14(8-12)10-17(20-3)15-5-6-16(19)18(11-15)21-4/h5-9,11,17,20H,10H2,1-4H3. The lowest BCUT2D eigenvalue weighted by atomic mass is 9.96. The second-order valence-electron chi connectivity index (χ2n) is 5.44. The zero-order chi connectivity index (χ0) is 15.4. The van der Waals surface area contributed by atoms with Crippen molar-refractivity contribution < 1.29 is 4.74 Å². The molecule has 0 fully saturated rings. The van der Waals surface area contributed by atoms with Gasteiger partial charge in [-0.3, -0.25) is 0 Å². The first-order chi connectivity index (χ1) is 10.0. The summed E-state index contributed by atoms with van der Waals surface area (Å²) < 4.78 is 5.31. The summed E-state index contributed by atoms with van der Waals surface area (Å²) in [5.74, 6) is 0.717. The van der Waals surface area contributed by atoms with Gasteiger partial charge in [0.2, 0.25) is 0 Å². The van der Waals surface area contributed by atoms with Crippen LogP contribution in [0.25, 0.3) is 0 Å². The first kappa shape index (κ1) is 15.9. The minimum atomic E-state index is 0.234. The van der Waals surface area contributed by atoms with Crippen LogP contribution in [0.2, 0.25) is 5.02 Å². The normalized spacial score (nSPS) is 12.2. The number of likely N-dealkylation sites (N-methyl/N-ethyl adjacent to an activating group) is 1. The Morgan fingerprint density at radius 3 is 2.33 bits per heavy atom. The summed E-state index contributed by atoms with van der Waals surface area (Å²) in [6.45, 7) is 4.27. The lowest BCUT2D eigenvalue weighted by Gasteiger charge is -2.18. The van der Waals surface area contributed by atoms with Gasteiger partial charge in [0.1, 0.15) is 5.75 Å². The lowest BCUT2D eigenvalue weighted by molar-refractivity contribution is 0.413. The average molecular weight is 304 g/mol. The molecule has 0 saturated carbocycles. The molecule has 2 nitrogen and oxygen atoms in total. The van der Waals surface area contributed by atoms with E-state index in [2.05, 4.69) is 43.4 Å². The van der Waals surface area contributed by atoms with Gasteiger partial charge in [0.15, 0.2) is 0 Å². The molecular weight excluding hydrogens is 282 g/mol. The molecule has 2 aromatic carbocycles. The molecule has 2 rings (SSSR count). The zero-order valence-electron chi connectivity index (χ0n) is 13.0. The molecule has 0 spiro atoms. The Balaban J connectivity index is 2.27. The van der Waals surface area contributed by atoms with Crippen molar-refractivity contribution in [1.82, 2.24) is 5.32 Å². The fourth-order valence-electron chi connectivity index (χ4n) is 2.70. The minimum absolute atomic E-state index is 0.234. The van der Waals surface area contributed by atoms with Crippen LogP contribution in [0.5, 0.6) is 5.75 Å². The van der Waals surface area contributed by atoms with E-state index < -0.39 is 0 Å². The molecule has 2 aromatic rings. The van der Waals surface area contributed by atoms with Crippen LogP contribution in [0.4, 0.5) is 0 Å². The Kier molecular flexibility index (Phi) is 5.27. The molecule has 0 aliphatic carbocycles. The number of benzene rings is 2. The summed E-state index contributed by atoms with van der Waals surface area (Å²) in [7, 11) is 3.62. The molecule has 0 bridgehead atoms. The van der Waals surface area contributed by atoms with Crippen molar-refractivity contribution in [2.75, 3.05) is 14.2 Å². The molecule has 0 saturated heterocycles. The smallest absolute Gasteiger partial charge is 0.137 e. The van der Waals surface area contributed by atoms with E-state index in [1.54, 1.807) is 7.11 Å². The number of ether oxygens (including phenoxy) is 1. The van der Waals surface area contributed by atoms with E-state index in [0.29, 0.717) is 5.02 Å². The van der Waals surface area contributed by atoms with Gasteiger partial charge in [0.05, 0.1) is 12.1 Å². The number of methoxy groups -OCH3 is 1. The second kappa shape index (κ2) is 6.97. The van der Waals surface area contributed by atoms with Gasteiger partial charge < -0.3 is 10.1 Å². The maximum atomic E-state index is 6.10. The molecular formula is C18H22ClNO. The number of aryl methyl sites for hydroxylation is 2. The molecule has 0 aromatic heterocycles. The molecule has 0 heterocycles. The van der Waals surface area contributed by atoms with Crippen LogP contribution in [-0.2, 0) is 6.42 Å². The minimum Gasteiger partial charge on any atom is -0.495 e. The van der Waals surface area contributed by atoms with E-state index in [1.807, 2.05) is 19.2 Å². The number of halogens is 1. The van der Waals surface area contributed by atoms with Crippen LogP contribution in [-0.4, -0.2) is 14.2 Å². The van der Waals surface area contributed by atoms with E-state index in [0.717, 1.165) is 12.2 Å². The van der Waals surface area contributed by atoms with Crippen molar-refractivity contribution in [3.63, 3.8) is 0 Å². The van der Waals surface area contributed by atoms with Gasteiger partial charge in [-0.2, -0.15) is 0 Å². The van der Waals surface area contributed by atoms with E-state index in [9.17, 15) is 0 Å². The van der Waals surface area contributed by atoms with Crippen LogP contribution in [0.3, 0.4) is 0 Å². The van der Waals surface area contributed by atoms with E-state index in [1.165, 1.54) is 22.3 Å². The van der Waals surface area contributed by atoms with Gasteiger partial charge in [-0.25, -0.2) is 0 Å². The summed E-state index contributed by atoms with van der Waals surface area (Å²) in [5, 5.41) is 4.02. The lowest BCUT2D eigenvalue weighted by Crippen LogP contribution is -2.19. The van der Waals surface area contributed by atoms with Crippen molar-refractivity contribution in [2.45, 2.75) is 26.3 Å².